The minimum atomic E-state index is -5.13. The van der Waals surface area contributed by atoms with Crippen molar-refractivity contribution in [3.05, 3.63) is 58.7 Å². The molecular weight excluding hydrogens is 472 g/mol. The summed E-state index contributed by atoms with van der Waals surface area (Å²) < 4.78 is 153. The molecule has 0 N–H and O–H groups in total. The van der Waals surface area contributed by atoms with Crippen molar-refractivity contribution in [2.75, 3.05) is 0 Å². The Bertz CT molecular complexity index is 876. The summed E-state index contributed by atoms with van der Waals surface area (Å²) in [6.45, 7) is 0. The maximum absolute atomic E-state index is 12.8. The fourth-order valence-electron chi connectivity index (χ4n) is 2.26. The molecule has 0 radical (unpaired) electrons. The van der Waals surface area contributed by atoms with Gasteiger partial charge in [0, 0.05) is 12.4 Å². The van der Waals surface area contributed by atoms with Crippen molar-refractivity contribution >= 4 is 23.8 Å². The standard InChI is InChI=1S/C18H8F12N2/c19-15(20,21)9-3-10(16(22,23)24)6-13(5-9)31-1-2-32-14-7-11(17(25,26)27)4-12(8-14)18(28,29)30/h1-8H. The molecule has 2 nitrogen and oxygen atoms in total. The maximum Gasteiger partial charge on any atom is 0.416 e. The molecule has 0 saturated heterocycles. The number of halogens is 12. The van der Waals surface area contributed by atoms with Crippen LogP contribution in [0.25, 0.3) is 0 Å². The van der Waals surface area contributed by atoms with Crippen molar-refractivity contribution in [2.45, 2.75) is 24.7 Å². The summed E-state index contributed by atoms with van der Waals surface area (Å²) in [5.41, 5.74) is -8.29. The van der Waals surface area contributed by atoms with E-state index in [1.165, 1.54) is 0 Å². The van der Waals surface area contributed by atoms with Crippen LogP contribution in [0.5, 0.6) is 0 Å². The predicted octanol–water partition coefficient (Wildman–Crippen LogP) is 7.87. The largest absolute Gasteiger partial charge is 0.416 e. The van der Waals surface area contributed by atoms with Gasteiger partial charge in [-0.05, 0) is 36.4 Å². The average molecular weight is 480 g/mol. The summed E-state index contributed by atoms with van der Waals surface area (Å²) in [6.07, 6.45) is -19.5. The van der Waals surface area contributed by atoms with Crippen molar-refractivity contribution < 1.29 is 52.7 Å². The zero-order chi connectivity index (χ0) is 24.5. The number of alkyl halides is 12. The molecule has 0 heterocycles. The van der Waals surface area contributed by atoms with E-state index in [2.05, 4.69) is 9.98 Å². The Balaban J connectivity index is 2.40. The van der Waals surface area contributed by atoms with Crippen LogP contribution in [0.4, 0.5) is 64.1 Å². The van der Waals surface area contributed by atoms with Crippen LogP contribution in [0.2, 0.25) is 0 Å². The van der Waals surface area contributed by atoms with Gasteiger partial charge >= 0.3 is 24.7 Å². The fraction of sp³-hybridized carbons (Fsp3) is 0.222. The summed E-state index contributed by atoms with van der Waals surface area (Å²) >= 11 is 0. The molecule has 2 aromatic rings. The highest BCUT2D eigenvalue weighted by Gasteiger charge is 2.38. The normalized spacial score (nSPS) is 14.0. The van der Waals surface area contributed by atoms with Crippen LogP contribution in [0.3, 0.4) is 0 Å². The minimum Gasteiger partial charge on any atom is -0.255 e. The predicted molar refractivity (Wildman–Crippen MR) is 89.2 cm³/mol. The number of benzene rings is 2. The maximum atomic E-state index is 12.8. The van der Waals surface area contributed by atoms with Gasteiger partial charge in [0.25, 0.3) is 0 Å². The number of aliphatic imine (C=N–C) groups is 2. The molecule has 0 aliphatic carbocycles. The zero-order valence-electron chi connectivity index (χ0n) is 15.0. The van der Waals surface area contributed by atoms with Gasteiger partial charge in [0.1, 0.15) is 0 Å². The van der Waals surface area contributed by atoms with Crippen LogP contribution in [0.1, 0.15) is 22.3 Å². The second kappa shape index (κ2) is 8.47. The Hall–Kier alpha value is -3.06. The van der Waals surface area contributed by atoms with Crippen LogP contribution in [-0.2, 0) is 24.7 Å². The molecule has 0 bridgehead atoms. The van der Waals surface area contributed by atoms with E-state index >= 15 is 0 Å². The first kappa shape index (κ1) is 25.2. The first-order valence-electron chi connectivity index (χ1n) is 8.03. The van der Waals surface area contributed by atoms with E-state index in [-0.39, 0.29) is 36.4 Å². The van der Waals surface area contributed by atoms with Gasteiger partial charge in [-0.25, -0.2) is 0 Å². The van der Waals surface area contributed by atoms with Crippen molar-refractivity contribution in [3.8, 4) is 0 Å². The average Bonchev–Trinajstić information content (AvgIpc) is 2.62. The summed E-state index contributed by atoms with van der Waals surface area (Å²) in [7, 11) is 0. The van der Waals surface area contributed by atoms with E-state index in [0.29, 0.717) is 12.4 Å². The highest BCUT2D eigenvalue weighted by Crippen LogP contribution is 2.39. The SMILES string of the molecule is FC(F)(F)c1cc(N=CC=Nc2cc(C(F)(F)F)cc(C(F)(F)F)c2)cc(C(F)(F)F)c1. The van der Waals surface area contributed by atoms with Crippen molar-refractivity contribution in [3.63, 3.8) is 0 Å². The Morgan fingerprint density at radius 1 is 0.406 bits per heavy atom. The van der Waals surface area contributed by atoms with Crippen LogP contribution < -0.4 is 0 Å². The van der Waals surface area contributed by atoms with E-state index in [1.54, 1.807) is 0 Å². The molecule has 0 aliphatic rings. The van der Waals surface area contributed by atoms with Gasteiger partial charge in [-0.1, -0.05) is 0 Å². The van der Waals surface area contributed by atoms with Gasteiger partial charge in [-0.3, -0.25) is 9.98 Å². The third-order valence-corrected chi connectivity index (χ3v) is 3.66. The molecular formula is C18H8F12N2. The van der Waals surface area contributed by atoms with E-state index in [4.69, 9.17) is 0 Å². The van der Waals surface area contributed by atoms with Crippen molar-refractivity contribution in [2.24, 2.45) is 9.98 Å². The molecule has 174 valence electrons. The molecule has 14 heteroatoms. The zero-order valence-corrected chi connectivity index (χ0v) is 15.0. The number of nitrogens with zero attached hydrogens (tertiary/aromatic N) is 2. The van der Waals surface area contributed by atoms with Crippen molar-refractivity contribution in [1.82, 2.24) is 0 Å². The van der Waals surface area contributed by atoms with Crippen LogP contribution >= 0.6 is 0 Å². The minimum absolute atomic E-state index is 0.144. The van der Waals surface area contributed by atoms with E-state index in [9.17, 15) is 52.7 Å². The molecule has 0 amide bonds. The summed E-state index contributed by atoms with van der Waals surface area (Å²) in [6, 6.07) is 0.789. The van der Waals surface area contributed by atoms with Gasteiger partial charge in [0.05, 0.1) is 33.6 Å². The molecule has 0 saturated carbocycles. The quantitative estimate of drug-likeness (QED) is 0.316. The third kappa shape index (κ3) is 6.72. The molecule has 0 unspecified atom stereocenters. The molecule has 2 aromatic carbocycles. The van der Waals surface area contributed by atoms with Crippen LogP contribution in [0, 0.1) is 0 Å². The second-order valence-corrected chi connectivity index (χ2v) is 6.08. The molecule has 2 rings (SSSR count). The second-order valence-electron chi connectivity index (χ2n) is 6.08. The Morgan fingerprint density at radius 2 is 0.625 bits per heavy atom. The van der Waals surface area contributed by atoms with Crippen LogP contribution in [0.15, 0.2) is 46.4 Å². The molecule has 0 atom stereocenters. The summed E-state index contributed by atoms with van der Waals surface area (Å²) in [4.78, 5) is 6.59. The lowest BCUT2D eigenvalue weighted by molar-refractivity contribution is -0.144. The Morgan fingerprint density at radius 3 is 0.812 bits per heavy atom. The first-order valence-corrected chi connectivity index (χ1v) is 8.03. The molecule has 0 spiro atoms. The third-order valence-electron chi connectivity index (χ3n) is 3.66. The fourth-order valence-corrected chi connectivity index (χ4v) is 2.26. The Kier molecular flexibility index (Phi) is 6.67. The molecule has 32 heavy (non-hydrogen) atoms. The lowest BCUT2D eigenvalue weighted by Crippen LogP contribution is -2.10. The van der Waals surface area contributed by atoms with Gasteiger partial charge < -0.3 is 0 Å². The number of hydrogen-bond acceptors (Lipinski definition) is 2. The molecule has 0 aromatic heterocycles. The molecule has 0 aliphatic heterocycles. The monoisotopic (exact) mass is 480 g/mol. The van der Waals surface area contributed by atoms with Crippen molar-refractivity contribution in [1.29, 1.82) is 0 Å². The van der Waals surface area contributed by atoms with Gasteiger partial charge in [0.15, 0.2) is 0 Å². The van der Waals surface area contributed by atoms with Gasteiger partial charge in [-0.2, -0.15) is 52.7 Å². The Labute approximate surface area is 170 Å². The first-order chi connectivity index (χ1) is 14.4. The van der Waals surface area contributed by atoms with E-state index in [1.807, 2.05) is 0 Å². The lowest BCUT2D eigenvalue weighted by atomic mass is 10.1. The highest BCUT2D eigenvalue weighted by molar-refractivity contribution is 6.17. The topological polar surface area (TPSA) is 24.7 Å². The lowest BCUT2D eigenvalue weighted by Gasteiger charge is -2.12. The van der Waals surface area contributed by atoms with E-state index in [0.717, 1.165) is 0 Å². The smallest absolute Gasteiger partial charge is 0.255 e. The highest BCUT2D eigenvalue weighted by atomic mass is 19.4. The van der Waals surface area contributed by atoms with E-state index < -0.39 is 58.3 Å². The van der Waals surface area contributed by atoms with Gasteiger partial charge in [-0.15, -0.1) is 0 Å². The molecule has 0 fully saturated rings. The number of hydrogen-bond donors (Lipinski definition) is 0. The number of rotatable bonds is 3. The summed E-state index contributed by atoms with van der Waals surface area (Å²) in [5.74, 6) is 0. The summed E-state index contributed by atoms with van der Waals surface area (Å²) in [5, 5.41) is 0. The van der Waals surface area contributed by atoms with Gasteiger partial charge in [0.2, 0.25) is 0 Å². The van der Waals surface area contributed by atoms with Crippen LogP contribution in [-0.4, -0.2) is 12.4 Å².